The second kappa shape index (κ2) is 14.0. The second-order valence-electron chi connectivity index (χ2n) is 8.58. The summed E-state index contributed by atoms with van der Waals surface area (Å²) >= 11 is 3.75. The summed E-state index contributed by atoms with van der Waals surface area (Å²) in [5.74, 6) is 0. The Morgan fingerprint density at radius 3 is 2.50 bits per heavy atom. The summed E-state index contributed by atoms with van der Waals surface area (Å²) in [5.41, 5.74) is 5.26. The van der Waals surface area contributed by atoms with Crippen molar-refractivity contribution in [2.75, 3.05) is 11.4 Å². The zero-order chi connectivity index (χ0) is 24.6. The van der Waals surface area contributed by atoms with E-state index in [0.29, 0.717) is 0 Å². The summed E-state index contributed by atoms with van der Waals surface area (Å²) in [6.07, 6.45) is 17.9. The second-order valence-corrected chi connectivity index (χ2v) is 10.7. The van der Waals surface area contributed by atoms with E-state index in [1.165, 1.54) is 42.2 Å². The molecule has 1 aliphatic rings. The van der Waals surface area contributed by atoms with Gasteiger partial charge in [0.15, 0.2) is 6.20 Å². The number of hydrogen-bond acceptors (Lipinski definition) is 3. The van der Waals surface area contributed by atoms with Crippen molar-refractivity contribution < 1.29 is 28.5 Å². The van der Waals surface area contributed by atoms with E-state index in [2.05, 4.69) is 128 Å². The normalized spacial score (nSPS) is 14.7. The smallest absolute Gasteiger partial charge is 0.262 e. The first kappa shape index (κ1) is 28.5. The van der Waals surface area contributed by atoms with Crippen LogP contribution in [0.1, 0.15) is 54.6 Å². The molecule has 0 spiro atoms. The van der Waals surface area contributed by atoms with Crippen molar-refractivity contribution in [3.05, 3.63) is 105 Å². The molecule has 188 valence electrons. The number of fused-ring (bicyclic) bond motifs is 1. The highest BCUT2D eigenvalue weighted by Crippen LogP contribution is 2.46. The van der Waals surface area contributed by atoms with E-state index in [4.69, 9.17) is 0 Å². The Labute approximate surface area is 242 Å². The van der Waals surface area contributed by atoms with E-state index in [1.54, 1.807) is 0 Å². The lowest BCUT2D eigenvalue weighted by molar-refractivity contribution is -0.690. The van der Waals surface area contributed by atoms with Crippen molar-refractivity contribution in [3.63, 3.8) is 0 Å². The van der Waals surface area contributed by atoms with Gasteiger partial charge in [0.1, 0.15) is 6.54 Å². The summed E-state index contributed by atoms with van der Waals surface area (Å²) in [7, 11) is 0. The first-order valence-electron chi connectivity index (χ1n) is 12.5. The summed E-state index contributed by atoms with van der Waals surface area (Å²) in [6, 6.07) is 17.2. The number of thiazole rings is 1. The van der Waals surface area contributed by atoms with Gasteiger partial charge in [0.2, 0.25) is 0 Å². The summed E-state index contributed by atoms with van der Waals surface area (Å²) in [5, 5.41) is 2.63. The first-order chi connectivity index (χ1) is 17.1. The molecule has 4 rings (SSSR count). The molecular weight excluding hydrogens is 591 g/mol. The van der Waals surface area contributed by atoms with Crippen LogP contribution in [0.5, 0.6) is 0 Å². The van der Waals surface area contributed by atoms with Crippen LogP contribution in [-0.4, -0.2) is 6.54 Å². The zero-order valence-corrected chi connectivity index (χ0v) is 25.4. The number of aryl methyl sites for hydroxylation is 2. The fourth-order valence-corrected chi connectivity index (χ4v) is 6.38. The van der Waals surface area contributed by atoms with Crippen LogP contribution in [0.2, 0.25) is 0 Å². The summed E-state index contributed by atoms with van der Waals surface area (Å²) in [6.45, 7) is 10.8. The molecule has 0 unspecified atom stereocenters. The fraction of sp³-hybridized carbons (Fsp3) is 0.258. The van der Waals surface area contributed by atoms with E-state index < -0.39 is 0 Å². The molecule has 1 aliphatic heterocycles. The van der Waals surface area contributed by atoms with Gasteiger partial charge in [-0.2, -0.15) is 4.57 Å². The number of allylic oxidation sites excluding steroid dienone is 4. The van der Waals surface area contributed by atoms with Gasteiger partial charge >= 0.3 is 0 Å². The molecule has 5 heteroatoms. The van der Waals surface area contributed by atoms with Crippen LogP contribution < -0.4 is 33.4 Å². The highest BCUT2D eigenvalue weighted by molar-refractivity contribution is 8.03. The molecule has 0 radical (unpaired) electrons. The minimum Gasteiger partial charge on any atom is -1.00 e. The number of aromatic nitrogens is 1. The number of nitrogens with zero attached hydrogens (tertiary/aromatic N) is 2. The Morgan fingerprint density at radius 2 is 1.78 bits per heavy atom. The van der Waals surface area contributed by atoms with E-state index in [-0.39, 0.29) is 24.0 Å². The third-order valence-electron chi connectivity index (χ3n) is 6.02. The molecule has 0 saturated heterocycles. The molecule has 0 amide bonds. The van der Waals surface area contributed by atoms with Crippen LogP contribution in [-0.2, 0) is 6.54 Å². The van der Waals surface area contributed by atoms with E-state index in [9.17, 15) is 0 Å². The third-order valence-corrected chi connectivity index (χ3v) is 8.17. The SMILES string of the molecule is CCC(/C=C1\Sc2ccc(C)cc2N1CC)=C\c1sc(/C=C\C/C=C/c2ccccc2)c[n+]1CC.[I-]. The Kier molecular flexibility index (Phi) is 11.1. The monoisotopic (exact) mass is 626 g/mol. The fourth-order valence-electron chi connectivity index (χ4n) is 4.10. The first-order valence-corrected chi connectivity index (χ1v) is 14.1. The molecular formula is C31H35IN2S2. The van der Waals surface area contributed by atoms with Crippen molar-refractivity contribution in [3.8, 4) is 0 Å². The molecule has 0 N–H and O–H groups in total. The van der Waals surface area contributed by atoms with E-state index in [1.807, 2.05) is 23.1 Å². The third kappa shape index (κ3) is 7.24. The van der Waals surface area contributed by atoms with Gasteiger partial charge in [0.25, 0.3) is 5.01 Å². The van der Waals surface area contributed by atoms with Crippen LogP contribution >= 0.6 is 23.1 Å². The number of thioether (sulfide) groups is 1. The number of anilines is 1. The quantitative estimate of drug-likeness (QED) is 0.221. The minimum absolute atomic E-state index is 0. The predicted molar refractivity (Wildman–Crippen MR) is 156 cm³/mol. The summed E-state index contributed by atoms with van der Waals surface area (Å²) in [4.78, 5) is 5.09. The van der Waals surface area contributed by atoms with Crippen LogP contribution in [0.25, 0.3) is 18.2 Å². The standard InChI is InChI=1S/C31H35N2S2.HI/c1-5-25(22-31-33(7-3)28-20-24(4)18-19-29(28)35-31)21-30-32(6-2)23-27(34-30)17-13-9-12-16-26-14-10-8-11-15-26;/h8,10-23H,5-7,9H2,1-4H3;1H/q+1;/p-1/b16-12+,17-13-;. The van der Waals surface area contributed by atoms with Crippen molar-refractivity contribution in [1.82, 2.24) is 0 Å². The number of hydrogen-bond donors (Lipinski definition) is 0. The van der Waals surface area contributed by atoms with Crippen molar-refractivity contribution in [2.45, 2.75) is 52.0 Å². The van der Waals surface area contributed by atoms with Crippen molar-refractivity contribution in [2.24, 2.45) is 0 Å². The lowest BCUT2D eigenvalue weighted by atomic mass is 10.2. The Morgan fingerprint density at radius 1 is 1.00 bits per heavy atom. The molecule has 0 bridgehead atoms. The summed E-state index contributed by atoms with van der Waals surface area (Å²) < 4.78 is 2.36. The predicted octanol–water partition coefficient (Wildman–Crippen LogP) is 5.75. The van der Waals surface area contributed by atoms with Crippen molar-refractivity contribution in [1.29, 1.82) is 0 Å². The van der Waals surface area contributed by atoms with Crippen LogP contribution in [0.4, 0.5) is 5.69 Å². The lowest BCUT2D eigenvalue weighted by Gasteiger charge is -2.18. The Bertz CT molecular complexity index is 1270. The highest BCUT2D eigenvalue weighted by atomic mass is 127. The van der Waals surface area contributed by atoms with Crippen LogP contribution in [0.3, 0.4) is 0 Å². The number of rotatable bonds is 9. The van der Waals surface area contributed by atoms with Gasteiger partial charge in [0, 0.05) is 17.5 Å². The van der Waals surface area contributed by atoms with Gasteiger partial charge < -0.3 is 28.9 Å². The highest BCUT2D eigenvalue weighted by Gasteiger charge is 2.24. The van der Waals surface area contributed by atoms with Crippen molar-refractivity contribution >= 4 is 47.0 Å². The van der Waals surface area contributed by atoms with Gasteiger partial charge in [0.05, 0.1) is 15.6 Å². The van der Waals surface area contributed by atoms with Gasteiger partial charge in [-0.15, -0.1) is 0 Å². The molecule has 2 nitrogen and oxygen atoms in total. The van der Waals surface area contributed by atoms with Crippen LogP contribution in [0.15, 0.2) is 88.5 Å². The van der Waals surface area contributed by atoms with Gasteiger partial charge in [-0.05, 0) is 74.6 Å². The molecule has 0 saturated carbocycles. The zero-order valence-electron chi connectivity index (χ0n) is 21.6. The average Bonchev–Trinajstić information content (AvgIpc) is 3.43. The number of halogens is 1. The molecule has 0 fully saturated rings. The molecule has 2 heterocycles. The largest absolute Gasteiger partial charge is 1.00 e. The molecule has 0 atom stereocenters. The molecule has 0 aliphatic carbocycles. The molecule has 3 aromatic rings. The van der Waals surface area contributed by atoms with Gasteiger partial charge in [-0.1, -0.05) is 84.6 Å². The lowest BCUT2D eigenvalue weighted by Crippen LogP contribution is -3.00. The number of benzene rings is 2. The average molecular weight is 627 g/mol. The Balaban J connectivity index is 0.00000361. The van der Waals surface area contributed by atoms with E-state index >= 15 is 0 Å². The maximum atomic E-state index is 2.44. The topological polar surface area (TPSA) is 7.12 Å². The molecule has 1 aromatic heterocycles. The van der Waals surface area contributed by atoms with Gasteiger partial charge in [-0.3, -0.25) is 0 Å². The molecule has 2 aromatic carbocycles. The van der Waals surface area contributed by atoms with Crippen LogP contribution in [0, 0.1) is 6.92 Å². The maximum Gasteiger partial charge on any atom is 0.262 e. The van der Waals surface area contributed by atoms with Gasteiger partial charge in [-0.25, -0.2) is 0 Å². The molecule has 36 heavy (non-hydrogen) atoms. The minimum atomic E-state index is 0. The Hall–Kier alpha value is -2.09. The maximum absolute atomic E-state index is 2.44. The van der Waals surface area contributed by atoms with E-state index in [0.717, 1.165) is 25.9 Å².